The minimum absolute atomic E-state index is 0.879. The van der Waals surface area contributed by atoms with Gasteiger partial charge in [-0.25, -0.2) is 0 Å². The van der Waals surface area contributed by atoms with Gasteiger partial charge in [0, 0.05) is 21.8 Å². The summed E-state index contributed by atoms with van der Waals surface area (Å²) in [5.41, 5.74) is 7.36. The maximum atomic E-state index is 6.59. The van der Waals surface area contributed by atoms with Gasteiger partial charge in [0.1, 0.15) is 5.58 Å². The molecule has 0 radical (unpaired) electrons. The molecule has 2 heteroatoms. The molecule has 0 aliphatic carbocycles. The number of rotatable bonds is 4. The van der Waals surface area contributed by atoms with Crippen LogP contribution in [0.15, 0.2) is 168 Å². The fourth-order valence-electron chi connectivity index (χ4n) is 6.78. The molecular weight excluding hydrogens is 534 g/mol. The van der Waals surface area contributed by atoms with Gasteiger partial charge in [0.25, 0.3) is 0 Å². The van der Waals surface area contributed by atoms with Gasteiger partial charge in [-0.2, -0.15) is 0 Å². The number of furan rings is 1. The third kappa shape index (κ3) is 3.82. The largest absolute Gasteiger partial charge is 0.454 e. The second-order valence-corrected chi connectivity index (χ2v) is 11.3. The highest BCUT2D eigenvalue weighted by Crippen LogP contribution is 2.45. The van der Waals surface area contributed by atoms with Crippen molar-refractivity contribution in [1.29, 1.82) is 0 Å². The van der Waals surface area contributed by atoms with E-state index in [1.54, 1.807) is 0 Å². The molecule has 1 aromatic heterocycles. The molecule has 0 N–H and O–H groups in total. The Morgan fingerprint density at radius 1 is 0.341 bits per heavy atom. The number of para-hydroxylation sites is 2. The SMILES string of the molecule is c1ccc(-c2ccc(N(c3cccc4c3ccc3c5ccccc5ccc43)c3cccc4c3oc3ccccc34)cc2)cc1. The lowest BCUT2D eigenvalue weighted by Crippen LogP contribution is -2.10. The van der Waals surface area contributed by atoms with E-state index < -0.39 is 0 Å². The Bertz CT molecular complexity index is 2490. The number of benzene rings is 8. The van der Waals surface area contributed by atoms with Gasteiger partial charge in [0.15, 0.2) is 5.58 Å². The Morgan fingerprint density at radius 2 is 0.932 bits per heavy atom. The van der Waals surface area contributed by atoms with Gasteiger partial charge in [-0.1, -0.05) is 133 Å². The second kappa shape index (κ2) is 9.86. The molecule has 0 spiro atoms. The van der Waals surface area contributed by atoms with Crippen molar-refractivity contribution in [2.45, 2.75) is 0 Å². The Kier molecular flexibility index (Phi) is 5.54. The summed E-state index contributed by atoms with van der Waals surface area (Å²) in [4.78, 5) is 2.36. The number of nitrogens with zero attached hydrogens (tertiary/aromatic N) is 1. The van der Waals surface area contributed by atoms with Crippen LogP contribution in [0.4, 0.5) is 17.1 Å². The van der Waals surface area contributed by atoms with Crippen LogP contribution in [0.5, 0.6) is 0 Å². The molecule has 9 aromatic rings. The number of hydrogen-bond acceptors (Lipinski definition) is 2. The minimum atomic E-state index is 0.879. The predicted octanol–water partition coefficient (Wildman–Crippen LogP) is 12.2. The minimum Gasteiger partial charge on any atom is -0.454 e. The summed E-state index contributed by atoms with van der Waals surface area (Å²) >= 11 is 0. The monoisotopic (exact) mass is 561 g/mol. The van der Waals surface area contributed by atoms with Gasteiger partial charge in [-0.3, -0.25) is 0 Å². The van der Waals surface area contributed by atoms with E-state index in [0.29, 0.717) is 0 Å². The van der Waals surface area contributed by atoms with Crippen molar-refractivity contribution in [1.82, 2.24) is 0 Å². The zero-order valence-corrected chi connectivity index (χ0v) is 23.9. The van der Waals surface area contributed by atoms with Crippen LogP contribution in [0.25, 0.3) is 65.4 Å². The van der Waals surface area contributed by atoms with Crippen LogP contribution in [-0.2, 0) is 0 Å². The molecule has 0 unspecified atom stereocenters. The Hall–Kier alpha value is -5.86. The zero-order valence-electron chi connectivity index (χ0n) is 23.9. The molecule has 1 heterocycles. The highest BCUT2D eigenvalue weighted by atomic mass is 16.3. The van der Waals surface area contributed by atoms with E-state index in [0.717, 1.165) is 39.0 Å². The quantitative estimate of drug-likeness (QED) is 0.199. The molecule has 0 fully saturated rings. The molecular formula is C42H27NO. The lowest BCUT2D eigenvalue weighted by atomic mass is 9.96. The molecule has 44 heavy (non-hydrogen) atoms. The molecule has 206 valence electrons. The van der Waals surface area contributed by atoms with Crippen LogP contribution in [-0.4, -0.2) is 0 Å². The van der Waals surface area contributed by atoms with Gasteiger partial charge < -0.3 is 9.32 Å². The van der Waals surface area contributed by atoms with Crippen molar-refractivity contribution < 1.29 is 4.42 Å². The molecule has 0 saturated heterocycles. The van der Waals surface area contributed by atoms with E-state index in [1.807, 2.05) is 12.1 Å². The van der Waals surface area contributed by atoms with E-state index in [1.165, 1.54) is 43.4 Å². The third-order valence-corrected chi connectivity index (χ3v) is 8.86. The van der Waals surface area contributed by atoms with E-state index in [2.05, 4.69) is 157 Å². The van der Waals surface area contributed by atoms with E-state index in [9.17, 15) is 0 Å². The lowest BCUT2D eigenvalue weighted by molar-refractivity contribution is 0.669. The van der Waals surface area contributed by atoms with Gasteiger partial charge in [-0.15, -0.1) is 0 Å². The van der Waals surface area contributed by atoms with Gasteiger partial charge in [0.2, 0.25) is 0 Å². The average molecular weight is 562 g/mol. The van der Waals surface area contributed by atoms with Crippen LogP contribution >= 0.6 is 0 Å². The van der Waals surface area contributed by atoms with Crippen molar-refractivity contribution in [3.8, 4) is 11.1 Å². The van der Waals surface area contributed by atoms with E-state index >= 15 is 0 Å². The summed E-state index contributed by atoms with van der Waals surface area (Å²) in [6, 6.07) is 58.5. The summed E-state index contributed by atoms with van der Waals surface area (Å²) in [6.45, 7) is 0. The summed E-state index contributed by atoms with van der Waals surface area (Å²) in [6.07, 6.45) is 0. The Labute approximate surface area is 255 Å². The fraction of sp³-hybridized carbons (Fsp3) is 0. The number of anilines is 3. The molecule has 8 aromatic carbocycles. The third-order valence-electron chi connectivity index (χ3n) is 8.86. The molecule has 9 rings (SSSR count). The van der Waals surface area contributed by atoms with Gasteiger partial charge in [0.05, 0.1) is 11.4 Å². The summed E-state index contributed by atoms with van der Waals surface area (Å²) < 4.78 is 6.59. The first-order chi connectivity index (χ1) is 21.8. The Balaban J connectivity index is 1.32. The molecule has 2 nitrogen and oxygen atoms in total. The molecule has 0 saturated carbocycles. The van der Waals surface area contributed by atoms with Crippen molar-refractivity contribution in [2.75, 3.05) is 4.90 Å². The summed E-state index contributed by atoms with van der Waals surface area (Å²) in [5, 5.41) is 9.71. The number of fused-ring (bicyclic) bond motifs is 8. The van der Waals surface area contributed by atoms with Crippen molar-refractivity contribution in [3.63, 3.8) is 0 Å². The van der Waals surface area contributed by atoms with Crippen LogP contribution in [0.1, 0.15) is 0 Å². The fourth-order valence-corrected chi connectivity index (χ4v) is 6.78. The number of hydrogen-bond donors (Lipinski definition) is 0. The van der Waals surface area contributed by atoms with Crippen molar-refractivity contribution >= 4 is 71.3 Å². The molecule has 0 aliphatic rings. The maximum absolute atomic E-state index is 6.59. The normalized spacial score (nSPS) is 11.6. The standard InChI is InChI=1S/C42H27NO/c1-2-10-28(11-3-1)29-20-23-31(24-21-29)43(40-18-9-16-38-37-14-6-7-19-41(37)44-42(38)40)39-17-8-15-33-35-25-22-30-12-4-5-13-32(30)34(35)26-27-36(33)39/h1-27H. The second-order valence-electron chi connectivity index (χ2n) is 11.3. The van der Waals surface area contributed by atoms with E-state index in [-0.39, 0.29) is 0 Å². The van der Waals surface area contributed by atoms with Crippen LogP contribution < -0.4 is 4.90 Å². The lowest BCUT2D eigenvalue weighted by Gasteiger charge is -2.27. The smallest absolute Gasteiger partial charge is 0.159 e. The molecule has 0 atom stereocenters. The Morgan fingerprint density at radius 3 is 1.80 bits per heavy atom. The highest BCUT2D eigenvalue weighted by Gasteiger charge is 2.21. The van der Waals surface area contributed by atoms with Crippen LogP contribution in [0.3, 0.4) is 0 Å². The average Bonchev–Trinajstić information content (AvgIpc) is 3.48. The summed E-state index contributed by atoms with van der Waals surface area (Å²) in [7, 11) is 0. The molecule has 0 amide bonds. The van der Waals surface area contributed by atoms with Crippen LogP contribution in [0, 0.1) is 0 Å². The zero-order chi connectivity index (χ0) is 29.0. The van der Waals surface area contributed by atoms with Crippen LogP contribution in [0.2, 0.25) is 0 Å². The maximum Gasteiger partial charge on any atom is 0.159 e. The molecule has 0 aliphatic heterocycles. The van der Waals surface area contributed by atoms with E-state index in [4.69, 9.17) is 4.42 Å². The topological polar surface area (TPSA) is 16.4 Å². The first-order valence-corrected chi connectivity index (χ1v) is 15.0. The first kappa shape index (κ1) is 24.7. The van der Waals surface area contributed by atoms with Crippen molar-refractivity contribution in [3.05, 3.63) is 164 Å². The summed E-state index contributed by atoms with van der Waals surface area (Å²) in [5.74, 6) is 0. The highest BCUT2D eigenvalue weighted by molar-refractivity contribution is 6.20. The van der Waals surface area contributed by atoms with Crippen molar-refractivity contribution in [2.24, 2.45) is 0 Å². The van der Waals surface area contributed by atoms with Gasteiger partial charge >= 0.3 is 0 Å². The first-order valence-electron chi connectivity index (χ1n) is 15.0. The predicted molar refractivity (Wildman–Crippen MR) is 186 cm³/mol. The van der Waals surface area contributed by atoms with Gasteiger partial charge in [-0.05, 0) is 68.4 Å². The molecule has 0 bridgehead atoms.